The topological polar surface area (TPSA) is 54.0 Å². The Balaban J connectivity index is 2.04. The van der Waals surface area contributed by atoms with Crippen LogP contribution in [-0.2, 0) is 11.0 Å². The van der Waals surface area contributed by atoms with Crippen molar-refractivity contribution < 1.29 is 18.0 Å². The number of amides is 1. The molecule has 1 saturated heterocycles. The monoisotopic (exact) mass is 307 g/mol. The third kappa shape index (κ3) is 3.49. The van der Waals surface area contributed by atoms with E-state index in [0.717, 1.165) is 36.1 Å². The molecule has 112 valence electrons. The van der Waals surface area contributed by atoms with Crippen LogP contribution in [0.15, 0.2) is 5.38 Å². The average molecular weight is 307 g/mol. The van der Waals surface area contributed by atoms with Crippen LogP contribution in [0.2, 0.25) is 0 Å². The molecule has 1 amide bonds. The van der Waals surface area contributed by atoms with Gasteiger partial charge in [0.1, 0.15) is 5.01 Å². The minimum Gasteiger partial charge on any atom is -0.346 e. The van der Waals surface area contributed by atoms with Crippen molar-refractivity contribution in [2.75, 3.05) is 6.54 Å². The number of hydrogen-bond donors (Lipinski definition) is 2. The van der Waals surface area contributed by atoms with Gasteiger partial charge in [-0.05, 0) is 25.8 Å². The van der Waals surface area contributed by atoms with Gasteiger partial charge in [0.25, 0.3) is 0 Å². The number of rotatable bonds is 4. The van der Waals surface area contributed by atoms with Gasteiger partial charge in [-0.2, -0.15) is 13.2 Å². The van der Waals surface area contributed by atoms with Crippen molar-refractivity contribution in [2.24, 2.45) is 0 Å². The smallest absolute Gasteiger partial charge is 0.346 e. The van der Waals surface area contributed by atoms with E-state index in [2.05, 4.69) is 15.6 Å². The van der Waals surface area contributed by atoms with E-state index >= 15 is 0 Å². The summed E-state index contributed by atoms with van der Waals surface area (Å²) in [5.41, 5.74) is -0.899. The van der Waals surface area contributed by atoms with E-state index in [4.69, 9.17) is 0 Å². The van der Waals surface area contributed by atoms with Gasteiger partial charge in [0.05, 0.1) is 12.1 Å². The van der Waals surface area contributed by atoms with E-state index < -0.39 is 17.9 Å². The number of halogens is 3. The van der Waals surface area contributed by atoms with Gasteiger partial charge in [-0.3, -0.25) is 4.79 Å². The molecule has 2 N–H and O–H groups in total. The number of alkyl halides is 3. The first kappa shape index (κ1) is 15.2. The molecule has 1 aromatic rings. The van der Waals surface area contributed by atoms with E-state index in [-0.39, 0.29) is 11.9 Å². The highest BCUT2D eigenvalue weighted by Gasteiger charge is 2.34. The molecular formula is C12H16F3N3OS. The molecule has 1 aromatic heterocycles. The summed E-state index contributed by atoms with van der Waals surface area (Å²) < 4.78 is 37.6. The minimum absolute atomic E-state index is 0.168. The van der Waals surface area contributed by atoms with Crippen molar-refractivity contribution in [1.29, 1.82) is 0 Å². The number of hydrogen-bond acceptors (Lipinski definition) is 4. The number of carbonyl (C=O) groups excluding carboxylic acids is 1. The Bertz CT molecular complexity index is 469. The molecule has 1 fully saturated rings. The Morgan fingerprint density at radius 2 is 2.40 bits per heavy atom. The third-order valence-corrected chi connectivity index (χ3v) is 4.17. The van der Waals surface area contributed by atoms with Gasteiger partial charge >= 0.3 is 6.18 Å². The van der Waals surface area contributed by atoms with E-state index in [1.54, 1.807) is 0 Å². The van der Waals surface area contributed by atoms with Crippen molar-refractivity contribution in [3.63, 3.8) is 0 Å². The van der Waals surface area contributed by atoms with Crippen LogP contribution in [0, 0.1) is 0 Å². The lowest BCUT2D eigenvalue weighted by molar-refractivity contribution is -0.140. The molecule has 0 aliphatic carbocycles. The Hall–Kier alpha value is -1.15. The number of carbonyl (C=O) groups is 1. The van der Waals surface area contributed by atoms with Crippen molar-refractivity contribution in [3.8, 4) is 0 Å². The molecule has 0 radical (unpaired) electrons. The molecular weight excluding hydrogens is 291 g/mol. The minimum atomic E-state index is -4.44. The number of nitrogens with one attached hydrogen (secondary N) is 2. The van der Waals surface area contributed by atoms with E-state index in [1.807, 2.05) is 6.92 Å². The summed E-state index contributed by atoms with van der Waals surface area (Å²) in [5, 5.41) is 7.11. The molecule has 2 rings (SSSR count). The first-order valence-corrected chi connectivity index (χ1v) is 7.36. The fourth-order valence-corrected chi connectivity index (χ4v) is 3.06. The molecule has 8 heteroatoms. The van der Waals surface area contributed by atoms with Crippen LogP contribution >= 0.6 is 11.3 Å². The first-order valence-electron chi connectivity index (χ1n) is 6.48. The fraction of sp³-hybridized carbons (Fsp3) is 0.667. The van der Waals surface area contributed by atoms with Crippen LogP contribution in [0.25, 0.3) is 0 Å². The van der Waals surface area contributed by atoms with Crippen molar-refractivity contribution in [3.05, 3.63) is 16.1 Å². The summed E-state index contributed by atoms with van der Waals surface area (Å²) in [7, 11) is 0. The van der Waals surface area contributed by atoms with E-state index in [0.29, 0.717) is 11.4 Å². The summed E-state index contributed by atoms with van der Waals surface area (Å²) in [4.78, 5) is 15.6. The molecule has 1 aliphatic heterocycles. The van der Waals surface area contributed by atoms with Crippen molar-refractivity contribution in [2.45, 2.75) is 44.4 Å². The predicted molar refractivity (Wildman–Crippen MR) is 69.3 cm³/mol. The quantitative estimate of drug-likeness (QED) is 0.898. The lowest BCUT2D eigenvalue weighted by atomic mass is 10.2. The molecule has 2 heterocycles. The normalized spacial score (nSPS) is 20.9. The average Bonchev–Trinajstić information content (AvgIpc) is 3.04. The second-order valence-electron chi connectivity index (χ2n) is 4.69. The van der Waals surface area contributed by atoms with Crippen molar-refractivity contribution in [1.82, 2.24) is 15.6 Å². The number of nitrogens with zero attached hydrogens (tertiary/aromatic N) is 1. The molecule has 0 unspecified atom stereocenters. The zero-order chi connectivity index (χ0) is 14.8. The summed E-state index contributed by atoms with van der Waals surface area (Å²) in [5.74, 6) is -0.168. The van der Waals surface area contributed by atoms with Gasteiger partial charge in [-0.15, -0.1) is 11.3 Å². The summed E-state index contributed by atoms with van der Waals surface area (Å²) in [6.07, 6.45) is -2.24. The molecule has 4 nitrogen and oxygen atoms in total. The lowest BCUT2D eigenvalue weighted by Crippen LogP contribution is -2.41. The second-order valence-corrected chi connectivity index (χ2v) is 5.58. The second kappa shape index (κ2) is 6.09. The molecule has 1 aliphatic rings. The zero-order valence-corrected chi connectivity index (χ0v) is 11.8. The fourth-order valence-electron chi connectivity index (χ4n) is 2.10. The highest BCUT2D eigenvalue weighted by Crippen LogP contribution is 2.32. The third-order valence-electron chi connectivity index (χ3n) is 3.21. The summed E-state index contributed by atoms with van der Waals surface area (Å²) >= 11 is 0.927. The highest BCUT2D eigenvalue weighted by molar-refractivity contribution is 7.09. The molecule has 2 atom stereocenters. The van der Waals surface area contributed by atoms with Crippen LogP contribution in [0.3, 0.4) is 0 Å². The summed E-state index contributed by atoms with van der Waals surface area (Å²) in [6.45, 7) is 2.60. The molecule has 0 spiro atoms. The predicted octanol–water partition coefficient (Wildman–Crippen LogP) is 2.48. The van der Waals surface area contributed by atoms with E-state index in [9.17, 15) is 18.0 Å². The van der Waals surface area contributed by atoms with Crippen molar-refractivity contribution >= 4 is 17.2 Å². The highest BCUT2D eigenvalue weighted by atomic mass is 32.1. The Morgan fingerprint density at radius 1 is 1.65 bits per heavy atom. The van der Waals surface area contributed by atoms with Crippen LogP contribution < -0.4 is 10.6 Å². The van der Waals surface area contributed by atoms with Crippen LogP contribution in [0.4, 0.5) is 13.2 Å². The zero-order valence-electron chi connectivity index (χ0n) is 11.0. The van der Waals surface area contributed by atoms with E-state index in [1.165, 1.54) is 0 Å². The van der Waals surface area contributed by atoms with Gasteiger partial charge < -0.3 is 10.6 Å². The molecule has 20 heavy (non-hydrogen) atoms. The number of thiazole rings is 1. The Kier molecular flexibility index (Phi) is 4.64. The van der Waals surface area contributed by atoms with Gasteiger partial charge in [-0.1, -0.05) is 6.92 Å². The molecule has 0 aromatic carbocycles. The maximum atomic E-state index is 12.5. The number of aromatic nitrogens is 1. The SMILES string of the molecule is CC[C@@H](NC(=O)[C@@H]1CCCN1)c1nc(C(F)(F)F)cs1. The first-order chi connectivity index (χ1) is 9.41. The lowest BCUT2D eigenvalue weighted by Gasteiger charge is -2.17. The van der Waals surface area contributed by atoms with Gasteiger partial charge in [0.15, 0.2) is 5.69 Å². The maximum Gasteiger partial charge on any atom is 0.434 e. The largest absolute Gasteiger partial charge is 0.434 e. The molecule has 0 bridgehead atoms. The molecule has 0 saturated carbocycles. The van der Waals surface area contributed by atoms with Gasteiger partial charge in [0, 0.05) is 5.38 Å². The standard InChI is InChI=1S/C12H16F3N3OS/c1-2-7(17-10(19)8-4-3-5-16-8)11-18-9(6-20-11)12(13,14)15/h6-8,16H,2-5H2,1H3,(H,17,19)/t7-,8+/m1/s1. The summed E-state index contributed by atoms with van der Waals surface area (Å²) in [6, 6.07) is -0.711. The van der Waals surface area contributed by atoms with Gasteiger partial charge in [-0.25, -0.2) is 4.98 Å². The maximum absolute atomic E-state index is 12.5. The Labute approximate surface area is 118 Å². The van der Waals surface area contributed by atoms with Gasteiger partial charge in [0.2, 0.25) is 5.91 Å². The Morgan fingerprint density at radius 3 is 2.90 bits per heavy atom. The van der Waals surface area contributed by atoms with Crippen LogP contribution in [0.5, 0.6) is 0 Å². The van der Waals surface area contributed by atoms with Crippen LogP contribution in [0.1, 0.15) is 42.9 Å². The van der Waals surface area contributed by atoms with Crippen LogP contribution in [-0.4, -0.2) is 23.5 Å².